The van der Waals surface area contributed by atoms with Gasteiger partial charge in [0.15, 0.2) is 0 Å². The van der Waals surface area contributed by atoms with Crippen molar-refractivity contribution in [3.05, 3.63) is 49.5 Å². The molecular formula is C13H11ClN2O4S. The lowest BCUT2D eigenvalue weighted by atomic mass is 10.2. The van der Waals surface area contributed by atoms with Crippen molar-refractivity contribution in [3.63, 3.8) is 0 Å². The van der Waals surface area contributed by atoms with Gasteiger partial charge in [-0.1, -0.05) is 22.9 Å². The number of nitrogens with one attached hydrogen (secondary N) is 1. The molecule has 1 heterocycles. The first-order valence-electron chi connectivity index (χ1n) is 5.86. The molecule has 0 fully saturated rings. The fraction of sp³-hybridized carbons (Fsp3) is 0.154. The maximum absolute atomic E-state index is 12.0. The van der Waals surface area contributed by atoms with Crippen LogP contribution in [0.2, 0.25) is 5.02 Å². The molecule has 110 valence electrons. The third-order valence-corrected chi connectivity index (χ3v) is 3.88. The molecule has 1 amide bonds. The summed E-state index contributed by atoms with van der Waals surface area (Å²) in [5, 5.41) is 13.5. The number of anilines is 1. The predicted molar refractivity (Wildman–Crippen MR) is 80.4 cm³/mol. The van der Waals surface area contributed by atoms with Gasteiger partial charge in [-0.15, -0.1) is 0 Å². The van der Waals surface area contributed by atoms with Gasteiger partial charge in [0.25, 0.3) is 0 Å². The average molecular weight is 327 g/mol. The van der Waals surface area contributed by atoms with Crippen LogP contribution in [0.15, 0.2) is 28.4 Å². The summed E-state index contributed by atoms with van der Waals surface area (Å²) in [6.45, 7) is 1.55. The van der Waals surface area contributed by atoms with Crippen LogP contribution in [0.4, 0.5) is 5.69 Å². The minimum absolute atomic E-state index is 0.106. The molecule has 0 unspecified atom stereocenters. The number of rotatable bonds is 4. The molecule has 1 aromatic carbocycles. The Morgan fingerprint density at radius 2 is 2.14 bits per heavy atom. The van der Waals surface area contributed by atoms with Crippen LogP contribution in [0.1, 0.15) is 16.1 Å². The lowest BCUT2D eigenvalue weighted by Crippen LogP contribution is -2.25. The molecular weight excluding hydrogens is 316 g/mol. The summed E-state index contributed by atoms with van der Waals surface area (Å²) in [5.74, 6) is -1.68. The zero-order valence-electron chi connectivity index (χ0n) is 10.9. The van der Waals surface area contributed by atoms with Crippen LogP contribution in [0.25, 0.3) is 0 Å². The first-order chi connectivity index (χ1) is 9.88. The molecule has 0 bridgehead atoms. The molecule has 2 N–H and O–H groups in total. The van der Waals surface area contributed by atoms with Crippen molar-refractivity contribution >= 4 is 40.5 Å². The number of hydrogen-bond acceptors (Lipinski definition) is 4. The third kappa shape index (κ3) is 3.50. The van der Waals surface area contributed by atoms with Gasteiger partial charge in [0.05, 0.1) is 11.3 Å². The zero-order chi connectivity index (χ0) is 15.6. The highest BCUT2D eigenvalue weighted by Gasteiger charge is 2.14. The van der Waals surface area contributed by atoms with Crippen molar-refractivity contribution in [3.8, 4) is 0 Å². The Bertz CT molecular complexity index is 766. The molecule has 0 atom stereocenters. The Kier molecular flexibility index (Phi) is 4.44. The molecule has 0 aliphatic carbocycles. The Balaban J connectivity index is 2.21. The molecule has 0 spiro atoms. The van der Waals surface area contributed by atoms with Crippen LogP contribution in [-0.2, 0) is 11.3 Å². The summed E-state index contributed by atoms with van der Waals surface area (Å²) in [4.78, 5) is 34.4. The van der Waals surface area contributed by atoms with Gasteiger partial charge in [0, 0.05) is 16.1 Å². The standard InChI is InChI=1S/C13H11ClN2O4S/c1-7-6-21-13(20)16(7)5-11(17)15-10-3-2-8(14)4-9(10)12(18)19/h2-4,6H,5H2,1H3,(H,15,17)(H,18,19). The van der Waals surface area contributed by atoms with Crippen molar-refractivity contribution in [2.24, 2.45) is 0 Å². The highest BCUT2D eigenvalue weighted by atomic mass is 35.5. The van der Waals surface area contributed by atoms with Crippen LogP contribution < -0.4 is 10.2 Å². The van der Waals surface area contributed by atoms with Crippen molar-refractivity contribution < 1.29 is 14.7 Å². The maximum atomic E-state index is 12.0. The van der Waals surface area contributed by atoms with Gasteiger partial charge in [-0.25, -0.2) is 4.79 Å². The molecule has 0 saturated heterocycles. The second kappa shape index (κ2) is 6.11. The lowest BCUT2D eigenvalue weighted by molar-refractivity contribution is -0.116. The SMILES string of the molecule is Cc1csc(=O)n1CC(=O)Nc1ccc(Cl)cc1C(=O)O. The Hall–Kier alpha value is -2.12. The van der Waals surface area contributed by atoms with Crippen molar-refractivity contribution in [2.45, 2.75) is 13.5 Å². The highest BCUT2D eigenvalue weighted by molar-refractivity contribution is 7.07. The monoisotopic (exact) mass is 326 g/mol. The van der Waals surface area contributed by atoms with Gasteiger partial charge in [0.2, 0.25) is 5.91 Å². The number of hydrogen-bond donors (Lipinski definition) is 2. The van der Waals surface area contributed by atoms with E-state index in [1.165, 1.54) is 22.8 Å². The Morgan fingerprint density at radius 3 is 2.71 bits per heavy atom. The van der Waals surface area contributed by atoms with Crippen LogP contribution in [0, 0.1) is 6.92 Å². The largest absolute Gasteiger partial charge is 0.478 e. The Labute approximate surface area is 128 Å². The normalized spacial score (nSPS) is 10.4. The van der Waals surface area contributed by atoms with E-state index in [1.807, 2.05) is 0 Å². The number of aromatic nitrogens is 1. The number of nitrogens with zero attached hydrogens (tertiary/aromatic N) is 1. The smallest absolute Gasteiger partial charge is 0.337 e. The number of thiazole rings is 1. The van der Waals surface area contributed by atoms with Gasteiger partial charge in [0.1, 0.15) is 6.54 Å². The van der Waals surface area contributed by atoms with Gasteiger partial charge in [-0.3, -0.25) is 14.2 Å². The van der Waals surface area contributed by atoms with Crippen LogP contribution in [0.3, 0.4) is 0 Å². The van der Waals surface area contributed by atoms with Gasteiger partial charge >= 0.3 is 10.8 Å². The summed E-state index contributed by atoms with van der Waals surface area (Å²) >= 11 is 6.74. The quantitative estimate of drug-likeness (QED) is 0.901. The van der Waals surface area contributed by atoms with E-state index in [0.717, 1.165) is 11.3 Å². The van der Waals surface area contributed by atoms with Gasteiger partial charge in [-0.2, -0.15) is 0 Å². The summed E-state index contributed by atoms with van der Waals surface area (Å²) in [6, 6.07) is 4.14. The van der Waals surface area contributed by atoms with Crippen molar-refractivity contribution in [1.82, 2.24) is 4.57 Å². The fourth-order valence-electron chi connectivity index (χ4n) is 1.73. The number of benzene rings is 1. The number of aromatic carboxylic acids is 1. The van der Waals surface area contributed by atoms with E-state index in [1.54, 1.807) is 12.3 Å². The topological polar surface area (TPSA) is 88.4 Å². The number of halogens is 1. The summed E-state index contributed by atoms with van der Waals surface area (Å²) in [5.41, 5.74) is 0.706. The number of carboxylic acid groups (broad SMARTS) is 1. The van der Waals surface area contributed by atoms with E-state index in [4.69, 9.17) is 16.7 Å². The second-order valence-corrected chi connectivity index (χ2v) is 5.53. The molecule has 0 saturated carbocycles. The van der Waals surface area contributed by atoms with E-state index in [2.05, 4.69) is 5.32 Å². The molecule has 2 aromatic rings. The highest BCUT2D eigenvalue weighted by Crippen LogP contribution is 2.20. The van der Waals surface area contributed by atoms with Gasteiger partial charge in [-0.05, 0) is 25.1 Å². The third-order valence-electron chi connectivity index (χ3n) is 2.76. The minimum Gasteiger partial charge on any atom is -0.478 e. The zero-order valence-corrected chi connectivity index (χ0v) is 12.5. The number of aryl methyl sites for hydroxylation is 1. The molecule has 2 rings (SSSR count). The van der Waals surface area contributed by atoms with E-state index in [-0.39, 0.29) is 27.7 Å². The molecule has 8 heteroatoms. The average Bonchev–Trinajstić information content (AvgIpc) is 2.72. The molecule has 0 aliphatic rings. The van der Waals surface area contributed by atoms with Crippen LogP contribution in [-0.4, -0.2) is 21.6 Å². The minimum atomic E-state index is -1.20. The van der Waals surface area contributed by atoms with Crippen molar-refractivity contribution in [2.75, 3.05) is 5.32 Å². The summed E-state index contributed by atoms with van der Waals surface area (Å²) in [6.07, 6.45) is 0. The summed E-state index contributed by atoms with van der Waals surface area (Å²) in [7, 11) is 0. The van der Waals surface area contributed by atoms with E-state index >= 15 is 0 Å². The molecule has 0 aliphatic heterocycles. The molecule has 21 heavy (non-hydrogen) atoms. The Morgan fingerprint density at radius 1 is 1.43 bits per heavy atom. The predicted octanol–water partition coefficient (Wildman–Crippen LogP) is 2.21. The van der Waals surface area contributed by atoms with E-state index in [0.29, 0.717) is 5.69 Å². The number of carbonyl (C=O) groups excluding carboxylic acids is 1. The number of amides is 1. The summed E-state index contributed by atoms with van der Waals surface area (Å²) < 4.78 is 1.32. The molecule has 0 radical (unpaired) electrons. The van der Waals surface area contributed by atoms with Crippen molar-refractivity contribution in [1.29, 1.82) is 0 Å². The lowest BCUT2D eigenvalue weighted by Gasteiger charge is -2.09. The molecule has 6 nitrogen and oxygen atoms in total. The van der Waals surface area contributed by atoms with Gasteiger partial charge < -0.3 is 10.4 Å². The maximum Gasteiger partial charge on any atom is 0.337 e. The number of carbonyl (C=O) groups is 2. The first kappa shape index (κ1) is 15.3. The second-order valence-electron chi connectivity index (χ2n) is 4.27. The fourth-order valence-corrected chi connectivity index (χ4v) is 2.64. The first-order valence-corrected chi connectivity index (χ1v) is 7.12. The van der Waals surface area contributed by atoms with E-state index in [9.17, 15) is 14.4 Å². The van der Waals surface area contributed by atoms with E-state index < -0.39 is 11.9 Å². The van der Waals surface area contributed by atoms with Crippen LogP contribution >= 0.6 is 22.9 Å². The molecule has 1 aromatic heterocycles. The number of carboxylic acids is 1. The van der Waals surface area contributed by atoms with Crippen LogP contribution in [0.5, 0.6) is 0 Å².